The lowest BCUT2D eigenvalue weighted by atomic mass is 9.93. The van der Waals surface area contributed by atoms with Gasteiger partial charge in [-0.25, -0.2) is 12.7 Å². The number of carbonyl (C=O) groups is 2. The van der Waals surface area contributed by atoms with Gasteiger partial charge in [-0.15, -0.1) is 0 Å². The summed E-state index contributed by atoms with van der Waals surface area (Å²) in [4.78, 5) is 27.3. The predicted octanol–water partition coefficient (Wildman–Crippen LogP) is 3.13. The highest BCUT2D eigenvalue weighted by atomic mass is 32.2. The topological polar surface area (TPSA) is 104 Å². The molecule has 0 aliphatic carbocycles. The van der Waals surface area contributed by atoms with E-state index >= 15 is 0 Å². The van der Waals surface area contributed by atoms with Crippen molar-refractivity contribution in [3.05, 3.63) is 70.8 Å². The molecular formula is C25H30N2O6S. The number of likely N-dealkylation sites (tertiary alicyclic amines) is 1. The minimum Gasteiger partial charge on any atom is -0.507 e. The van der Waals surface area contributed by atoms with Crippen LogP contribution in [0.2, 0.25) is 0 Å². The van der Waals surface area contributed by atoms with Crippen molar-refractivity contribution in [3.8, 4) is 0 Å². The lowest BCUT2D eigenvalue weighted by molar-refractivity contribution is -0.140. The monoisotopic (exact) mass is 486 g/mol. The van der Waals surface area contributed by atoms with E-state index in [9.17, 15) is 23.1 Å². The first-order valence-corrected chi connectivity index (χ1v) is 12.3. The number of ketones is 1. The molecule has 0 radical (unpaired) electrons. The Morgan fingerprint density at radius 1 is 1.06 bits per heavy atom. The zero-order chi connectivity index (χ0) is 25.2. The van der Waals surface area contributed by atoms with Crippen LogP contribution in [-0.2, 0) is 24.3 Å². The third-order valence-electron chi connectivity index (χ3n) is 5.90. The summed E-state index contributed by atoms with van der Waals surface area (Å²) in [6.07, 6.45) is 0. The Kier molecular flexibility index (Phi) is 7.60. The van der Waals surface area contributed by atoms with Crippen LogP contribution in [0.1, 0.15) is 42.5 Å². The molecule has 2 aromatic rings. The number of rotatable bonds is 8. The first-order chi connectivity index (χ1) is 16.0. The Balaban J connectivity index is 2.11. The summed E-state index contributed by atoms with van der Waals surface area (Å²) in [6, 6.07) is 12.4. The van der Waals surface area contributed by atoms with E-state index in [1.807, 2.05) is 24.3 Å². The van der Waals surface area contributed by atoms with E-state index in [0.717, 1.165) is 9.87 Å². The SMILES string of the molecule is COCCN1C(=O)C(=O)C(=C(O)c2ccc(S(=O)(=O)N(C)C)cc2)[C@@H]1c1ccc(C(C)C)cc1. The number of carbonyl (C=O) groups excluding carboxylic acids is 2. The van der Waals surface area contributed by atoms with Crippen LogP contribution in [0, 0.1) is 0 Å². The molecule has 0 saturated carbocycles. The van der Waals surface area contributed by atoms with Gasteiger partial charge in [0.05, 0.1) is 23.1 Å². The van der Waals surface area contributed by atoms with Crippen LogP contribution in [0.5, 0.6) is 0 Å². The maximum Gasteiger partial charge on any atom is 0.295 e. The first-order valence-electron chi connectivity index (χ1n) is 10.9. The van der Waals surface area contributed by atoms with E-state index < -0.39 is 27.8 Å². The Morgan fingerprint density at radius 2 is 1.65 bits per heavy atom. The summed E-state index contributed by atoms with van der Waals surface area (Å²) in [5.74, 6) is -1.56. The van der Waals surface area contributed by atoms with Crippen LogP contribution >= 0.6 is 0 Å². The highest BCUT2D eigenvalue weighted by Gasteiger charge is 2.45. The zero-order valence-electron chi connectivity index (χ0n) is 20.0. The van der Waals surface area contributed by atoms with Gasteiger partial charge in [-0.1, -0.05) is 38.1 Å². The molecule has 8 nitrogen and oxygen atoms in total. The molecule has 0 unspecified atom stereocenters. The Labute approximate surface area is 200 Å². The summed E-state index contributed by atoms with van der Waals surface area (Å²) in [7, 11) is 0.709. The molecule has 34 heavy (non-hydrogen) atoms. The highest BCUT2D eigenvalue weighted by molar-refractivity contribution is 7.89. The van der Waals surface area contributed by atoms with Gasteiger partial charge in [0.15, 0.2) is 0 Å². The number of hydrogen-bond acceptors (Lipinski definition) is 6. The number of sulfonamides is 1. The molecule has 1 N–H and O–H groups in total. The summed E-state index contributed by atoms with van der Waals surface area (Å²) in [6.45, 7) is 4.54. The molecule has 2 aromatic carbocycles. The second-order valence-electron chi connectivity index (χ2n) is 8.62. The van der Waals surface area contributed by atoms with Crippen molar-refractivity contribution >= 4 is 27.5 Å². The van der Waals surface area contributed by atoms with Crippen molar-refractivity contribution in [2.24, 2.45) is 0 Å². The number of amides is 1. The normalized spacial score (nSPS) is 18.3. The summed E-state index contributed by atoms with van der Waals surface area (Å²) >= 11 is 0. The minimum atomic E-state index is -3.65. The molecule has 3 rings (SSSR count). The fraction of sp³-hybridized carbons (Fsp3) is 0.360. The van der Waals surface area contributed by atoms with Gasteiger partial charge in [0.2, 0.25) is 10.0 Å². The number of hydrogen-bond donors (Lipinski definition) is 1. The highest BCUT2D eigenvalue weighted by Crippen LogP contribution is 2.39. The van der Waals surface area contributed by atoms with Crippen LogP contribution in [-0.4, -0.2) is 68.8 Å². The third kappa shape index (κ3) is 4.77. The number of ether oxygens (including phenoxy) is 1. The summed E-state index contributed by atoms with van der Waals surface area (Å²) < 4.78 is 30.9. The van der Waals surface area contributed by atoms with Gasteiger partial charge < -0.3 is 14.7 Å². The summed E-state index contributed by atoms with van der Waals surface area (Å²) in [5, 5.41) is 11.1. The number of Topliss-reactive ketones (excluding diaryl/α,β-unsaturated/α-hetero) is 1. The number of benzene rings is 2. The molecule has 182 valence electrons. The molecule has 0 bridgehead atoms. The van der Waals surface area contributed by atoms with E-state index in [2.05, 4.69) is 13.8 Å². The molecule has 1 aliphatic heterocycles. The third-order valence-corrected chi connectivity index (χ3v) is 7.73. The van der Waals surface area contributed by atoms with Crippen molar-refractivity contribution in [2.75, 3.05) is 34.4 Å². The van der Waals surface area contributed by atoms with Gasteiger partial charge in [-0.05, 0) is 41.3 Å². The summed E-state index contributed by atoms with van der Waals surface area (Å²) in [5.41, 5.74) is 2.00. The lowest BCUT2D eigenvalue weighted by Crippen LogP contribution is -2.32. The predicted molar refractivity (Wildman–Crippen MR) is 129 cm³/mol. The molecule has 1 heterocycles. The molecule has 9 heteroatoms. The number of aliphatic hydroxyl groups is 1. The van der Waals surface area contributed by atoms with Crippen LogP contribution in [0.25, 0.3) is 5.76 Å². The van der Waals surface area contributed by atoms with E-state index in [-0.39, 0.29) is 34.9 Å². The second kappa shape index (κ2) is 10.1. The van der Waals surface area contributed by atoms with Crippen molar-refractivity contribution < 1.29 is 27.9 Å². The van der Waals surface area contributed by atoms with Crippen molar-refractivity contribution in [2.45, 2.75) is 30.7 Å². The van der Waals surface area contributed by atoms with Crippen LogP contribution in [0.15, 0.2) is 59.0 Å². The molecule has 0 spiro atoms. The largest absolute Gasteiger partial charge is 0.507 e. The molecule has 1 amide bonds. The van der Waals surface area contributed by atoms with Gasteiger partial charge in [-0.2, -0.15) is 0 Å². The lowest BCUT2D eigenvalue weighted by Gasteiger charge is -2.25. The molecule has 0 aromatic heterocycles. The number of nitrogens with zero attached hydrogens (tertiary/aromatic N) is 2. The van der Waals surface area contributed by atoms with Gasteiger partial charge >= 0.3 is 0 Å². The van der Waals surface area contributed by atoms with Gasteiger partial charge in [-0.3, -0.25) is 9.59 Å². The minimum absolute atomic E-state index is 0.0402. The van der Waals surface area contributed by atoms with Crippen LogP contribution < -0.4 is 0 Å². The van der Waals surface area contributed by atoms with Crippen molar-refractivity contribution in [1.82, 2.24) is 9.21 Å². The Morgan fingerprint density at radius 3 is 2.15 bits per heavy atom. The van der Waals surface area contributed by atoms with Gasteiger partial charge in [0.25, 0.3) is 11.7 Å². The maximum absolute atomic E-state index is 13.0. The molecular weight excluding hydrogens is 456 g/mol. The fourth-order valence-corrected chi connectivity index (χ4v) is 4.76. The van der Waals surface area contributed by atoms with Crippen LogP contribution in [0.4, 0.5) is 0 Å². The standard InChI is InChI=1S/C25H30N2O6S/c1-16(2)17-6-8-18(9-7-17)22-21(24(29)25(30)27(22)14-15-33-5)23(28)19-10-12-20(13-11-19)34(31,32)26(3)4/h6-13,16,22,28H,14-15H2,1-5H3/t22-/m0/s1. The average Bonchev–Trinajstić information content (AvgIpc) is 3.07. The van der Waals surface area contributed by atoms with Crippen molar-refractivity contribution in [1.29, 1.82) is 0 Å². The number of methoxy groups -OCH3 is 1. The Bertz CT molecular complexity index is 1200. The van der Waals surface area contributed by atoms with E-state index in [1.165, 1.54) is 50.4 Å². The van der Waals surface area contributed by atoms with Crippen LogP contribution in [0.3, 0.4) is 0 Å². The molecule has 1 aliphatic rings. The number of aliphatic hydroxyl groups excluding tert-OH is 1. The maximum atomic E-state index is 13.0. The quantitative estimate of drug-likeness (QED) is 0.349. The van der Waals surface area contributed by atoms with E-state index in [1.54, 1.807) is 0 Å². The van der Waals surface area contributed by atoms with E-state index in [0.29, 0.717) is 11.5 Å². The second-order valence-corrected chi connectivity index (χ2v) is 10.8. The van der Waals surface area contributed by atoms with Gasteiger partial charge in [0.1, 0.15) is 5.76 Å². The smallest absolute Gasteiger partial charge is 0.295 e. The van der Waals surface area contributed by atoms with E-state index in [4.69, 9.17) is 4.74 Å². The molecule has 1 saturated heterocycles. The Hall–Kier alpha value is -3.01. The first kappa shape index (κ1) is 25.6. The molecule has 1 atom stereocenters. The van der Waals surface area contributed by atoms with Crippen molar-refractivity contribution in [3.63, 3.8) is 0 Å². The van der Waals surface area contributed by atoms with Gasteiger partial charge in [0, 0.05) is 33.3 Å². The average molecular weight is 487 g/mol. The zero-order valence-corrected chi connectivity index (χ0v) is 20.8. The fourth-order valence-electron chi connectivity index (χ4n) is 3.86. The molecule has 1 fully saturated rings.